The molecule has 162 valence electrons. The zero-order valence-corrected chi connectivity index (χ0v) is 17.1. The van der Waals surface area contributed by atoms with Gasteiger partial charge in [0.2, 0.25) is 0 Å². The predicted octanol–water partition coefficient (Wildman–Crippen LogP) is 5.63. The fourth-order valence-electron chi connectivity index (χ4n) is 2.46. The van der Waals surface area contributed by atoms with Gasteiger partial charge in [0.05, 0.1) is 6.61 Å². The van der Waals surface area contributed by atoms with Crippen LogP contribution in [0.25, 0.3) is 0 Å². The molecule has 1 N–H and O–H groups in total. The number of esters is 1. The molecule has 0 bridgehead atoms. The van der Waals surface area contributed by atoms with Gasteiger partial charge in [-0.3, -0.25) is 4.79 Å². The monoisotopic (exact) mass is 405 g/mol. The van der Waals surface area contributed by atoms with Crippen LogP contribution in [0.1, 0.15) is 78.1 Å². The van der Waals surface area contributed by atoms with Crippen molar-refractivity contribution in [3.8, 4) is 0 Å². The molecule has 0 saturated heterocycles. The molecule has 0 aromatic heterocycles. The highest BCUT2D eigenvalue weighted by molar-refractivity contribution is 6.19. The molecule has 0 aliphatic heterocycles. The molecule has 0 saturated carbocycles. The van der Waals surface area contributed by atoms with E-state index in [0.717, 1.165) is 63.9 Å². The molecule has 0 fully saturated rings. The zero-order chi connectivity index (χ0) is 21.3. The quantitative estimate of drug-likeness (QED) is 0.0903. The highest BCUT2D eigenvalue weighted by Crippen LogP contribution is 2.21. The second-order valence-electron chi connectivity index (χ2n) is 6.68. The summed E-state index contributed by atoms with van der Waals surface area (Å²) in [6.07, 6.45) is 8.36. The molecular weight excluding hydrogens is 371 g/mol. The molecule has 28 heavy (non-hydrogen) atoms. The van der Waals surface area contributed by atoms with Crippen LogP contribution in [0.5, 0.6) is 0 Å². The van der Waals surface area contributed by atoms with E-state index in [0.29, 0.717) is 13.0 Å². The van der Waals surface area contributed by atoms with Gasteiger partial charge in [0.15, 0.2) is 0 Å². The third kappa shape index (κ3) is 13.4. The number of carbonyl (C=O) groups excluding carboxylic acids is 2. The number of halogens is 3. The fraction of sp³-hybridized carbons (Fsp3) is 0.714. The first kappa shape index (κ1) is 26.2. The maximum Gasteiger partial charge on any atom is 0.455 e. The zero-order valence-electron chi connectivity index (χ0n) is 17.1. The van der Waals surface area contributed by atoms with E-state index in [9.17, 15) is 22.8 Å². The third-order valence-electron chi connectivity index (χ3n) is 4.10. The standard InChI is InChI=1S/C21H34F3NO3/c1-3-5-7-9-10-12-17-28-20(27)18(19(26)21(22,23)24)14-13-16-25-15-11-8-6-4-2/h13-14,16,25H,3-12,15,17H2,1-2H3/b16-13+,18-14+. The van der Waals surface area contributed by atoms with Crippen LogP contribution in [0.15, 0.2) is 23.9 Å². The van der Waals surface area contributed by atoms with Gasteiger partial charge in [-0.15, -0.1) is 0 Å². The number of Topliss-reactive ketones (excluding diaryl/α,β-unsaturated/α-hetero) is 1. The van der Waals surface area contributed by atoms with Crippen molar-refractivity contribution in [3.05, 3.63) is 23.9 Å². The molecule has 0 aromatic rings. The highest BCUT2D eigenvalue weighted by atomic mass is 19.4. The van der Waals surface area contributed by atoms with Crippen molar-refractivity contribution in [2.45, 2.75) is 84.2 Å². The van der Waals surface area contributed by atoms with Gasteiger partial charge in [-0.25, -0.2) is 4.79 Å². The van der Waals surface area contributed by atoms with Crippen LogP contribution in [-0.2, 0) is 14.3 Å². The van der Waals surface area contributed by atoms with Crippen LogP contribution in [-0.4, -0.2) is 31.1 Å². The summed E-state index contributed by atoms with van der Waals surface area (Å²) in [4.78, 5) is 23.4. The first-order chi connectivity index (χ1) is 13.3. The van der Waals surface area contributed by atoms with Gasteiger partial charge < -0.3 is 10.1 Å². The summed E-state index contributed by atoms with van der Waals surface area (Å²) in [5.74, 6) is -3.42. The Hall–Kier alpha value is -1.79. The van der Waals surface area contributed by atoms with Crippen LogP contribution in [0.2, 0.25) is 0 Å². The highest BCUT2D eigenvalue weighted by Gasteiger charge is 2.43. The molecule has 0 amide bonds. The van der Waals surface area contributed by atoms with Crippen molar-refractivity contribution in [2.24, 2.45) is 0 Å². The number of ether oxygens (including phenoxy) is 1. The molecule has 0 aromatic carbocycles. The van der Waals surface area contributed by atoms with Gasteiger partial charge in [-0.05, 0) is 31.2 Å². The lowest BCUT2D eigenvalue weighted by molar-refractivity contribution is -0.168. The number of alkyl halides is 3. The number of ketones is 1. The molecule has 0 radical (unpaired) electrons. The third-order valence-corrected chi connectivity index (χ3v) is 4.10. The summed E-state index contributed by atoms with van der Waals surface area (Å²) in [6, 6.07) is 0. The summed E-state index contributed by atoms with van der Waals surface area (Å²) in [7, 11) is 0. The van der Waals surface area contributed by atoms with Crippen LogP contribution in [0.3, 0.4) is 0 Å². The Balaban J connectivity index is 4.54. The van der Waals surface area contributed by atoms with E-state index < -0.39 is 23.5 Å². The normalized spacial score (nSPS) is 12.4. The Morgan fingerprint density at radius 3 is 2.07 bits per heavy atom. The van der Waals surface area contributed by atoms with Crippen molar-refractivity contribution in [1.82, 2.24) is 5.32 Å². The van der Waals surface area contributed by atoms with Crippen molar-refractivity contribution in [2.75, 3.05) is 13.2 Å². The maximum absolute atomic E-state index is 12.7. The van der Waals surface area contributed by atoms with Gasteiger partial charge in [0, 0.05) is 6.54 Å². The van der Waals surface area contributed by atoms with Gasteiger partial charge in [-0.2, -0.15) is 13.2 Å². The van der Waals surface area contributed by atoms with Crippen LogP contribution >= 0.6 is 0 Å². The Kier molecular flexibility index (Phi) is 15.2. The Labute approximate surface area is 166 Å². The molecule has 0 rings (SSSR count). The average molecular weight is 406 g/mol. The van der Waals surface area contributed by atoms with Crippen LogP contribution < -0.4 is 5.32 Å². The minimum atomic E-state index is -5.12. The van der Waals surface area contributed by atoms with Crippen LogP contribution in [0, 0.1) is 0 Å². The second-order valence-corrected chi connectivity index (χ2v) is 6.68. The van der Waals surface area contributed by atoms with Gasteiger partial charge in [0.25, 0.3) is 5.78 Å². The van der Waals surface area contributed by atoms with E-state index in [1.165, 1.54) is 12.3 Å². The SMILES string of the molecule is CCCCCCCCOC(=O)/C(=C/C=C/NCCCCCC)C(=O)C(F)(F)F. The lowest BCUT2D eigenvalue weighted by atomic mass is 10.1. The van der Waals surface area contributed by atoms with Crippen molar-refractivity contribution in [3.63, 3.8) is 0 Å². The first-order valence-corrected chi connectivity index (χ1v) is 10.2. The van der Waals surface area contributed by atoms with Crippen molar-refractivity contribution < 1.29 is 27.5 Å². The Morgan fingerprint density at radius 1 is 0.893 bits per heavy atom. The van der Waals surface area contributed by atoms with Gasteiger partial charge in [-0.1, -0.05) is 65.2 Å². The summed E-state index contributed by atoms with van der Waals surface area (Å²) in [5, 5.41) is 2.92. The number of unbranched alkanes of at least 4 members (excludes halogenated alkanes) is 8. The largest absolute Gasteiger partial charge is 0.462 e. The molecule has 0 spiro atoms. The van der Waals surface area contributed by atoms with E-state index in [2.05, 4.69) is 19.2 Å². The topological polar surface area (TPSA) is 55.4 Å². The van der Waals surface area contributed by atoms with E-state index >= 15 is 0 Å². The summed E-state index contributed by atoms with van der Waals surface area (Å²) in [5.41, 5.74) is -0.998. The molecule has 0 heterocycles. The van der Waals surface area contributed by atoms with Crippen molar-refractivity contribution in [1.29, 1.82) is 0 Å². The summed E-state index contributed by atoms with van der Waals surface area (Å²) >= 11 is 0. The molecule has 0 atom stereocenters. The maximum atomic E-state index is 12.7. The number of rotatable bonds is 16. The lowest BCUT2D eigenvalue weighted by Gasteiger charge is -2.09. The summed E-state index contributed by atoms with van der Waals surface area (Å²) in [6.45, 7) is 4.88. The average Bonchev–Trinajstić information content (AvgIpc) is 2.64. The molecule has 0 aliphatic rings. The number of hydrogen-bond donors (Lipinski definition) is 1. The molecule has 0 aliphatic carbocycles. The fourth-order valence-corrected chi connectivity index (χ4v) is 2.46. The van der Waals surface area contributed by atoms with Gasteiger partial charge >= 0.3 is 12.1 Å². The Bertz CT molecular complexity index is 500. The van der Waals surface area contributed by atoms with E-state index in [1.54, 1.807) is 0 Å². The van der Waals surface area contributed by atoms with Crippen molar-refractivity contribution >= 4 is 11.8 Å². The minimum Gasteiger partial charge on any atom is -0.462 e. The van der Waals surface area contributed by atoms with E-state index in [4.69, 9.17) is 4.74 Å². The smallest absolute Gasteiger partial charge is 0.455 e. The predicted molar refractivity (Wildman–Crippen MR) is 105 cm³/mol. The molecule has 0 unspecified atom stereocenters. The summed E-state index contributed by atoms with van der Waals surface area (Å²) < 4.78 is 43.1. The minimum absolute atomic E-state index is 0.00677. The van der Waals surface area contributed by atoms with E-state index in [-0.39, 0.29) is 6.61 Å². The second kappa shape index (κ2) is 16.2. The molecule has 7 heteroatoms. The van der Waals surface area contributed by atoms with Gasteiger partial charge in [0.1, 0.15) is 5.57 Å². The number of carbonyl (C=O) groups is 2. The first-order valence-electron chi connectivity index (χ1n) is 10.2. The lowest BCUT2D eigenvalue weighted by Crippen LogP contribution is -2.29. The Morgan fingerprint density at radius 2 is 1.46 bits per heavy atom. The van der Waals surface area contributed by atoms with E-state index in [1.807, 2.05) is 0 Å². The molecular formula is C21H34F3NO3. The molecule has 4 nitrogen and oxygen atoms in total. The number of nitrogens with one attached hydrogen (secondary N) is 1. The number of allylic oxidation sites excluding steroid dienone is 2. The number of hydrogen-bond acceptors (Lipinski definition) is 4. The van der Waals surface area contributed by atoms with Crippen LogP contribution in [0.4, 0.5) is 13.2 Å².